The SMILES string of the molecule is Cc1ccc(S(=O)(=O)Oc2ccc(C(NC(=O)OCc3ccccc3)C(=O)OCc3ccccc3)cc2)cc1. The summed E-state index contributed by atoms with van der Waals surface area (Å²) >= 11 is 0. The minimum Gasteiger partial charge on any atom is -0.459 e. The first-order chi connectivity index (χ1) is 18.8. The molecule has 1 amide bonds. The molecule has 1 N–H and O–H groups in total. The summed E-state index contributed by atoms with van der Waals surface area (Å²) in [6.07, 6.45) is -0.817. The third-order valence-electron chi connectivity index (χ3n) is 5.66. The number of carbonyl (C=O) groups is 2. The Labute approximate surface area is 227 Å². The molecule has 200 valence electrons. The second-order valence-electron chi connectivity index (χ2n) is 8.65. The first kappa shape index (κ1) is 27.4. The fourth-order valence-electron chi connectivity index (χ4n) is 3.57. The number of hydrogen-bond donors (Lipinski definition) is 1. The van der Waals surface area contributed by atoms with Gasteiger partial charge in [0.2, 0.25) is 0 Å². The molecule has 0 bridgehead atoms. The molecule has 0 aliphatic heterocycles. The summed E-state index contributed by atoms with van der Waals surface area (Å²) in [7, 11) is -4.05. The number of esters is 1. The highest BCUT2D eigenvalue weighted by Gasteiger charge is 2.26. The van der Waals surface area contributed by atoms with Crippen molar-refractivity contribution < 1.29 is 31.7 Å². The average Bonchev–Trinajstić information content (AvgIpc) is 2.95. The van der Waals surface area contributed by atoms with Gasteiger partial charge in [-0.1, -0.05) is 90.5 Å². The Morgan fingerprint density at radius 3 is 1.82 bits per heavy atom. The summed E-state index contributed by atoms with van der Waals surface area (Å²) in [6.45, 7) is 1.87. The molecule has 39 heavy (non-hydrogen) atoms. The van der Waals surface area contributed by atoms with E-state index in [1.807, 2.05) is 67.6 Å². The van der Waals surface area contributed by atoms with Crippen molar-refractivity contribution in [2.75, 3.05) is 0 Å². The number of aryl methyl sites for hydroxylation is 1. The van der Waals surface area contributed by atoms with Gasteiger partial charge >= 0.3 is 22.2 Å². The average molecular weight is 546 g/mol. The fourth-order valence-corrected chi connectivity index (χ4v) is 4.50. The van der Waals surface area contributed by atoms with Gasteiger partial charge in [-0.3, -0.25) is 0 Å². The van der Waals surface area contributed by atoms with Crippen molar-refractivity contribution in [3.63, 3.8) is 0 Å². The maximum absolute atomic E-state index is 13.0. The largest absolute Gasteiger partial charge is 0.459 e. The molecular weight excluding hydrogens is 518 g/mol. The van der Waals surface area contributed by atoms with Crippen molar-refractivity contribution in [3.8, 4) is 5.75 Å². The zero-order chi connectivity index (χ0) is 27.7. The molecule has 0 saturated carbocycles. The van der Waals surface area contributed by atoms with E-state index in [1.54, 1.807) is 12.1 Å². The Hall–Kier alpha value is -4.63. The summed E-state index contributed by atoms with van der Waals surface area (Å²) in [4.78, 5) is 25.6. The van der Waals surface area contributed by atoms with Gasteiger partial charge in [-0.25, -0.2) is 9.59 Å². The van der Waals surface area contributed by atoms with Gasteiger partial charge in [0, 0.05) is 0 Å². The second kappa shape index (κ2) is 12.7. The summed E-state index contributed by atoms with van der Waals surface area (Å²) in [6, 6.07) is 29.0. The lowest BCUT2D eigenvalue weighted by Gasteiger charge is -2.18. The number of nitrogens with one attached hydrogen (secondary N) is 1. The smallest absolute Gasteiger partial charge is 0.408 e. The first-order valence-corrected chi connectivity index (χ1v) is 13.5. The molecule has 0 spiro atoms. The van der Waals surface area contributed by atoms with Gasteiger partial charge in [0.1, 0.15) is 23.9 Å². The number of rotatable bonds is 10. The van der Waals surface area contributed by atoms with E-state index in [-0.39, 0.29) is 23.9 Å². The molecule has 9 heteroatoms. The molecule has 0 saturated heterocycles. The second-order valence-corrected chi connectivity index (χ2v) is 10.2. The highest BCUT2D eigenvalue weighted by atomic mass is 32.2. The van der Waals surface area contributed by atoms with Crippen molar-refractivity contribution >= 4 is 22.2 Å². The predicted molar refractivity (Wildman–Crippen MR) is 144 cm³/mol. The minimum atomic E-state index is -4.05. The van der Waals surface area contributed by atoms with Crippen molar-refractivity contribution in [3.05, 3.63) is 131 Å². The number of benzene rings is 4. The molecule has 0 aromatic heterocycles. The quantitative estimate of drug-likeness (QED) is 0.208. The standard InChI is InChI=1S/C30H27NO7S/c1-22-12-18-27(19-13-22)39(34,35)38-26-16-14-25(15-17-26)28(29(32)36-20-23-8-4-2-5-9-23)31-30(33)37-21-24-10-6-3-7-11-24/h2-19,28H,20-21H2,1H3,(H,31,33). The topological polar surface area (TPSA) is 108 Å². The van der Waals surface area contributed by atoms with Crippen LogP contribution in [0.5, 0.6) is 5.75 Å². The molecule has 4 rings (SSSR count). The third kappa shape index (κ3) is 7.93. The summed E-state index contributed by atoms with van der Waals surface area (Å²) in [5.74, 6) is -0.668. The predicted octanol–water partition coefficient (Wildman–Crippen LogP) is 5.47. The number of hydrogen-bond acceptors (Lipinski definition) is 7. The van der Waals surface area contributed by atoms with Gasteiger partial charge in [-0.15, -0.1) is 0 Å². The van der Waals surface area contributed by atoms with Crippen molar-refractivity contribution in [1.82, 2.24) is 5.32 Å². The van der Waals surface area contributed by atoms with E-state index < -0.39 is 28.2 Å². The van der Waals surface area contributed by atoms with Crippen LogP contribution in [-0.2, 0) is 37.6 Å². The summed E-state index contributed by atoms with van der Waals surface area (Å²) in [5, 5.41) is 2.54. The summed E-state index contributed by atoms with van der Waals surface area (Å²) < 4.78 is 41.2. The van der Waals surface area contributed by atoms with E-state index in [1.165, 1.54) is 36.4 Å². The zero-order valence-corrected chi connectivity index (χ0v) is 22.0. The van der Waals surface area contributed by atoms with Crippen LogP contribution in [0.1, 0.15) is 28.3 Å². The van der Waals surface area contributed by atoms with Crippen LogP contribution in [0.4, 0.5) is 4.79 Å². The normalized spacial score (nSPS) is 11.7. The minimum absolute atomic E-state index is 0.00685. The Bertz CT molecular complexity index is 1490. The highest BCUT2D eigenvalue weighted by molar-refractivity contribution is 7.87. The molecular formula is C30H27NO7S. The lowest BCUT2D eigenvalue weighted by molar-refractivity contribution is -0.147. The monoisotopic (exact) mass is 545 g/mol. The van der Waals surface area contributed by atoms with Crippen molar-refractivity contribution in [1.29, 1.82) is 0 Å². The number of amides is 1. The van der Waals surface area contributed by atoms with Crippen LogP contribution in [0.2, 0.25) is 0 Å². The van der Waals surface area contributed by atoms with Gasteiger partial charge in [0.25, 0.3) is 0 Å². The van der Waals surface area contributed by atoms with Crippen LogP contribution in [0, 0.1) is 6.92 Å². The number of ether oxygens (including phenoxy) is 2. The van der Waals surface area contributed by atoms with E-state index in [4.69, 9.17) is 13.7 Å². The number of carbonyl (C=O) groups excluding carboxylic acids is 2. The van der Waals surface area contributed by atoms with Gasteiger partial charge in [-0.05, 0) is 47.9 Å². The van der Waals surface area contributed by atoms with Gasteiger partial charge in [0.05, 0.1) is 0 Å². The molecule has 0 heterocycles. The van der Waals surface area contributed by atoms with E-state index in [2.05, 4.69) is 5.32 Å². The van der Waals surface area contributed by atoms with Crippen LogP contribution in [0.3, 0.4) is 0 Å². The van der Waals surface area contributed by atoms with Crippen LogP contribution in [0.25, 0.3) is 0 Å². The van der Waals surface area contributed by atoms with Crippen LogP contribution >= 0.6 is 0 Å². The maximum atomic E-state index is 13.0. The first-order valence-electron chi connectivity index (χ1n) is 12.1. The highest BCUT2D eigenvalue weighted by Crippen LogP contribution is 2.23. The molecule has 0 radical (unpaired) electrons. The molecule has 4 aromatic carbocycles. The Morgan fingerprint density at radius 2 is 1.26 bits per heavy atom. The fraction of sp³-hybridized carbons (Fsp3) is 0.133. The lowest BCUT2D eigenvalue weighted by Crippen LogP contribution is -2.35. The Kier molecular flexibility index (Phi) is 8.96. The summed E-state index contributed by atoms with van der Waals surface area (Å²) in [5.41, 5.74) is 2.83. The lowest BCUT2D eigenvalue weighted by atomic mass is 10.1. The van der Waals surface area contributed by atoms with Gasteiger partial charge in [0.15, 0.2) is 6.04 Å². The number of alkyl carbamates (subject to hydrolysis) is 1. The van der Waals surface area contributed by atoms with E-state index in [9.17, 15) is 18.0 Å². The Morgan fingerprint density at radius 1 is 0.718 bits per heavy atom. The molecule has 0 aliphatic rings. The molecule has 1 unspecified atom stereocenters. The van der Waals surface area contributed by atoms with Crippen LogP contribution in [0.15, 0.2) is 114 Å². The zero-order valence-electron chi connectivity index (χ0n) is 21.1. The van der Waals surface area contributed by atoms with E-state index >= 15 is 0 Å². The Balaban J connectivity index is 1.48. The van der Waals surface area contributed by atoms with E-state index in [0.29, 0.717) is 5.56 Å². The molecule has 4 aromatic rings. The van der Waals surface area contributed by atoms with Crippen molar-refractivity contribution in [2.45, 2.75) is 31.1 Å². The van der Waals surface area contributed by atoms with Crippen LogP contribution in [-0.4, -0.2) is 20.5 Å². The molecule has 1 atom stereocenters. The van der Waals surface area contributed by atoms with Gasteiger partial charge in [-0.2, -0.15) is 8.42 Å². The molecule has 0 aliphatic carbocycles. The van der Waals surface area contributed by atoms with Crippen molar-refractivity contribution in [2.24, 2.45) is 0 Å². The van der Waals surface area contributed by atoms with Crippen LogP contribution < -0.4 is 9.50 Å². The maximum Gasteiger partial charge on any atom is 0.408 e. The molecule has 0 fully saturated rings. The van der Waals surface area contributed by atoms with Gasteiger partial charge < -0.3 is 19.0 Å². The van der Waals surface area contributed by atoms with E-state index in [0.717, 1.165) is 16.7 Å². The third-order valence-corrected chi connectivity index (χ3v) is 6.92. The molecule has 8 nitrogen and oxygen atoms in total.